The van der Waals surface area contributed by atoms with Crippen molar-refractivity contribution in [3.05, 3.63) is 18.0 Å². The van der Waals surface area contributed by atoms with Gasteiger partial charge in [0.15, 0.2) is 5.69 Å². The number of rotatable bonds is 3. The summed E-state index contributed by atoms with van der Waals surface area (Å²) < 4.78 is 0. The minimum Gasteiger partial charge on any atom is -0.477 e. The number of hydrazine groups is 1. The van der Waals surface area contributed by atoms with Crippen molar-refractivity contribution in [2.45, 2.75) is 0 Å². The molecule has 0 aliphatic carbocycles. The molecule has 1 aromatic heterocycles. The Morgan fingerprint density at radius 2 is 2.31 bits per heavy atom. The van der Waals surface area contributed by atoms with Crippen LogP contribution in [0.3, 0.4) is 0 Å². The van der Waals surface area contributed by atoms with Gasteiger partial charge in [0.1, 0.15) is 0 Å². The molecular weight excluding hydrogens is 172 g/mol. The fraction of sp³-hybridized carbons (Fsp3) is 0.286. The van der Waals surface area contributed by atoms with Crippen LogP contribution in [-0.4, -0.2) is 40.1 Å². The van der Waals surface area contributed by atoms with Crippen LogP contribution in [0.5, 0.6) is 0 Å². The number of nitrogens with one attached hydrogen (secondary N) is 1. The van der Waals surface area contributed by atoms with Crippen LogP contribution in [0.4, 0.5) is 5.95 Å². The van der Waals surface area contributed by atoms with E-state index in [0.29, 0.717) is 0 Å². The summed E-state index contributed by atoms with van der Waals surface area (Å²) in [5, 5.41) is 10.2. The van der Waals surface area contributed by atoms with E-state index in [1.54, 1.807) is 19.1 Å². The molecule has 13 heavy (non-hydrogen) atoms. The summed E-state index contributed by atoms with van der Waals surface area (Å²) in [7, 11) is 3.52. The first-order valence-electron chi connectivity index (χ1n) is 3.60. The molecule has 0 aliphatic heterocycles. The monoisotopic (exact) mass is 182 g/mol. The maximum atomic E-state index is 10.5. The highest BCUT2D eigenvalue weighted by molar-refractivity contribution is 5.85. The number of aromatic nitrogens is 2. The first-order chi connectivity index (χ1) is 6.09. The molecular formula is C7H10N4O2. The van der Waals surface area contributed by atoms with Gasteiger partial charge in [-0.05, 0) is 6.07 Å². The Morgan fingerprint density at radius 3 is 2.85 bits per heavy atom. The van der Waals surface area contributed by atoms with E-state index >= 15 is 0 Å². The lowest BCUT2D eigenvalue weighted by Gasteiger charge is -2.10. The maximum absolute atomic E-state index is 10.5. The van der Waals surface area contributed by atoms with Crippen molar-refractivity contribution in [2.75, 3.05) is 19.5 Å². The van der Waals surface area contributed by atoms with Crippen molar-refractivity contribution in [3.8, 4) is 0 Å². The van der Waals surface area contributed by atoms with Crippen LogP contribution in [0.25, 0.3) is 0 Å². The van der Waals surface area contributed by atoms with E-state index < -0.39 is 5.97 Å². The molecule has 0 saturated carbocycles. The van der Waals surface area contributed by atoms with Crippen molar-refractivity contribution in [3.63, 3.8) is 0 Å². The standard InChI is InChI=1S/C7H10N4O2/c1-11(2)10-7-8-4-3-5(9-7)6(12)13/h3-4H,1-2H3,(H,12,13)(H,8,9,10). The van der Waals surface area contributed by atoms with Crippen LogP contribution in [-0.2, 0) is 0 Å². The Balaban J connectivity index is 2.85. The van der Waals surface area contributed by atoms with Gasteiger partial charge in [0.2, 0.25) is 5.95 Å². The molecule has 2 N–H and O–H groups in total. The summed E-state index contributed by atoms with van der Waals surface area (Å²) in [6, 6.07) is 1.34. The molecule has 0 spiro atoms. The zero-order chi connectivity index (χ0) is 9.84. The minimum absolute atomic E-state index is 0.0284. The topological polar surface area (TPSA) is 78.4 Å². The first-order valence-corrected chi connectivity index (χ1v) is 3.60. The minimum atomic E-state index is -1.07. The molecule has 0 aliphatic rings. The summed E-state index contributed by atoms with van der Waals surface area (Å²) in [6.45, 7) is 0. The molecule has 0 saturated heterocycles. The molecule has 0 atom stereocenters. The number of carbonyl (C=O) groups is 1. The molecule has 6 heteroatoms. The van der Waals surface area contributed by atoms with E-state index in [0.717, 1.165) is 0 Å². The predicted molar refractivity (Wildman–Crippen MR) is 46.3 cm³/mol. The van der Waals surface area contributed by atoms with Gasteiger partial charge < -0.3 is 5.11 Å². The Morgan fingerprint density at radius 1 is 1.62 bits per heavy atom. The number of carboxylic acids is 1. The van der Waals surface area contributed by atoms with Gasteiger partial charge in [-0.1, -0.05) is 0 Å². The average molecular weight is 182 g/mol. The van der Waals surface area contributed by atoms with E-state index in [1.807, 2.05) is 0 Å². The predicted octanol–water partition coefficient (Wildman–Crippen LogP) is 0.0633. The van der Waals surface area contributed by atoms with Gasteiger partial charge >= 0.3 is 5.97 Å². The summed E-state index contributed by atoms with van der Waals surface area (Å²) in [6.07, 6.45) is 1.39. The van der Waals surface area contributed by atoms with Gasteiger partial charge in [-0.15, -0.1) is 0 Å². The molecule has 1 rings (SSSR count). The molecule has 0 unspecified atom stereocenters. The number of hydrogen-bond donors (Lipinski definition) is 2. The van der Waals surface area contributed by atoms with Crippen molar-refractivity contribution in [1.82, 2.24) is 15.0 Å². The van der Waals surface area contributed by atoms with Crippen LogP contribution in [0.15, 0.2) is 12.3 Å². The highest BCUT2D eigenvalue weighted by atomic mass is 16.4. The second-order valence-corrected chi connectivity index (χ2v) is 2.58. The highest BCUT2D eigenvalue weighted by Gasteiger charge is 2.05. The third kappa shape index (κ3) is 2.68. The maximum Gasteiger partial charge on any atom is 0.354 e. The molecule has 0 amide bonds. The van der Waals surface area contributed by atoms with Crippen LogP contribution < -0.4 is 5.43 Å². The zero-order valence-corrected chi connectivity index (χ0v) is 7.35. The lowest BCUT2D eigenvalue weighted by atomic mass is 10.4. The Kier molecular flexibility index (Phi) is 2.76. The number of anilines is 1. The van der Waals surface area contributed by atoms with Crippen LogP contribution >= 0.6 is 0 Å². The van der Waals surface area contributed by atoms with Crippen LogP contribution in [0.1, 0.15) is 10.5 Å². The van der Waals surface area contributed by atoms with Gasteiger partial charge in [-0.2, -0.15) is 0 Å². The van der Waals surface area contributed by atoms with Crippen molar-refractivity contribution in [1.29, 1.82) is 0 Å². The zero-order valence-electron chi connectivity index (χ0n) is 7.35. The number of aromatic carboxylic acids is 1. The van der Waals surface area contributed by atoms with E-state index in [1.165, 1.54) is 12.3 Å². The molecule has 70 valence electrons. The van der Waals surface area contributed by atoms with Gasteiger partial charge in [0.05, 0.1) is 0 Å². The Hall–Kier alpha value is -1.69. The van der Waals surface area contributed by atoms with Crippen molar-refractivity contribution < 1.29 is 9.90 Å². The van der Waals surface area contributed by atoms with Crippen molar-refractivity contribution >= 4 is 11.9 Å². The third-order valence-electron chi connectivity index (χ3n) is 1.20. The summed E-state index contributed by atoms with van der Waals surface area (Å²) >= 11 is 0. The van der Waals surface area contributed by atoms with Gasteiger partial charge in [0.25, 0.3) is 0 Å². The Labute approximate surface area is 75.2 Å². The van der Waals surface area contributed by atoms with E-state index in [2.05, 4.69) is 15.4 Å². The van der Waals surface area contributed by atoms with Gasteiger partial charge in [0, 0.05) is 20.3 Å². The normalized spacial score (nSPS) is 10.1. The van der Waals surface area contributed by atoms with Crippen molar-refractivity contribution in [2.24, 2.45) is 0 Å². The molecule has 1 aromatic rings. The van der Waals surface area contributed by atoms with E-state index in [9.17, 15) is 4.79 Å². The van der Waals surface area contributed by atoms with Gasteiger partial charge in [-0.25, -0.2) is 19.8 Å². The summed E-state index contributed by atoms with van der Waals surface area (Å²) in [5.74, 6) is -0.797. The van der Waals surface area contributed by atoms with Gasteiger partial charge in [-0.3, -0.25) is 5.43 Å². The number of nitrogens with zero attached hydrogens (tertiary/aromatic N) is 3. The lowest BCUT2D eigenvalue weighted by Crippen LogP contribution is -2.21. The largest absolute Gasteiger partial charge is 0.477 e. The fourth-order valence-electron chi connectivity index (χ4n) is 0.732. The molecule has 0 bridgehead atoms. The van der Waals surface area contributed by atoms with E-state index in [4.69, 9.17) is 5.11 Å². The molecule has 0 fully saturated rings. The van der Waals surface area contributed by atoms with Crippen LogP contribution in [0.2, 0.25) is 0 Å². The lowest BCUT2D eigenvalue weighted by molar-refractivity contribution is 0.0690. The summed E-state index contributed by atoms with van der Waals surface area (Å²) in [5.41, 5.74) is 2.72. The first kappa shape index (κ1) is 9.40. The SMILES string of the molecule is CN(C)Nc1nccc(C(=O)O)n1. The molecule has 0 radical (unpaired) electrons. The molecule has 0 aromatic carbocycles. The molecule has 6 nitrogen and oxygen atoms in total. The van der Waals surface area contributed by atoms with Crippen LogP contribution in [0, 0.1) is 0 Å². The number of carboxylic acid groups (broad SMARTS) is 1. The molecule has 1 heterocycles. The summed E-state index contributed by atoms with van der Waals surface area (Å²) in [4.78, 5) is 18.1. The third-order valence-corrected chi connectivity index (χ3v) is 1.20. The smallest absolute Gasteiger partial charge is 0.354 e. The quantitative estimate of drug-likeness (QED) is 0.644. The number of hydrogen-bond acceptors (Lipinski definition) is 5. The van der Waals surface area contributed by atoms with E-state index in [-0.39, 0.29) is 11.6 Å². The second kappa shape index (κ2) is 3.81. The highest BCUT2D eigenvalue weighted by Crippen LogP contribution is 2.00. The second-order valence-electron chi connectivity index (χ2n) is 2.58. The Bertz CT molecular complexity index is 313. The fourth-order valence-corrected chi connectivity index (χ4v) is 0.732. The average Bonchev–Trinajstić information content (AvgIpc) is 2.03.